The van der Waals surface area contributed by atoms with Crippen LogP contribution in [-0.2, 0) is 6.42 Å². The van der Waals surface area contributed by atoms with Crippen LogP contribution >= 0.6 is 11.8 Å². The van der Waals surface area contributed by atoms with Gasteiger partial charge in [0.25, 0.3) is 0 Å². The molecule has 0 saturated heterocycles. The zero-order valence-corrected chi connectivity index (χ0v) is 13.3. The Bertz CT molecular complexity index is 356. The Morgan fingerprint density at radius 3 is 2.47 bits per heavy atom. The molecule has 1 atom stereocenters. The third-order valence-electron chi connectivity index (χ3n) is 3.06. The van der Waals surface area contributed by atoms with Crippen molar-refractivity contribution >= 4 is 11.8 Å². The number of benzene rings is 1. The summed E-state index contributed by atoms with van der Waals surface area (Å²) in [6, 6.07) is 9.47. The van der Waals surface area contributed by atoms with Gasteiger partial charge in [-0.2, -0.15) is 11.8 Å². The van der Waals surface area contributed by atoms with Crippen molar-refractivity contribution in [3.05, 3.63) is 48.0 Å². The normalized spacial score (nSPS) is 12.6. The molecule has 0 aliphatic rings. The largest absolute Gasteiger partial charge is 0.309 e. The van der Waals surface area contributed by atoms with Gasteiger partial charge < -0.3 is 5.32 Å². The molecule has 0 radical (unpaired) electrons. The fourth-order valence-corrected chi connectivity index (χ4v) is 2.64. The Hall–Kier alpha value is -0.730. The average Bonchev–Trinajstić information content (AvgIpc) is 2.38. The minimum atomic E-state index is 0.428. The first-order valence-electron chi connectivity index (χ1n) is 7.14. The lowest BCUT2D eigenvalue weighted by atomic mass is 10.00. The van der Waals surface area contributed by atoms with Crippen molar-refractivity contribution in [2.45, 2.75) is 33.2 Å². The summed E-state index contributed by atoms with van der Waals surface area (Å²) in [4.78, 5) is 0. The van der Waals surface area contributed by atoms with Gasteiger partial charge >= 0.3 is 0 Å². The molecule has 0 fully saturated rings. The summed E-state index contributed by atoms with van der Waals surface area (Å²) >= 11 is 1.92. The lowest BCUT2D eigenvalue weighted by molar-refractivity contribution is 0.600. The van der Waals surface area contributed by atoms with Crippen molar-refractivity contribution in [1.29, 1.82) is 0 Å². The van der Waals surface area contributed by atoms with Gasteiger partial charge in [-0.15, -0.1) is 6.58 Å². The summed E-state index contributed by atoms with van der Waals surface area (Å²) in [6.07, 6.45) is 3.13. The zero-order chi connectivity index (χ0) is 14.1. The molecule has 0 aromatic heterocycles. The predicted octanol–water partition coefficient (Wildman–Crippen LogP) is 4.45. The average molecular weight is 277 g/mol. The molecule has 1 nitrogen and oxygen atoms in total. The van der Waals surface area contributed by atoms with E-state index in [-0.39, 0.29) is 0 Å². The van der Waals surface area contributed by atoms with E-state index in [2.05, 4.69) is 56.9 Å². The first kappa shape index (κ1) is 16.3. The maximum atomic E-state index is 3.73. The first-order valence-corrected chi connectivity index (χ1v) is 8.29. The fraction of sp³-hybridized carbons (Fsp3) is 0.529. The highest BCUT2D eigenvalue weighted by Gasteiger charge is 2.04. The van der Waals surface area contributed by atoms with Gasteiger partial charge in [-0.3, -0.25) is 0 Å². The molecule has 1 unspecified atom stereocenters. The van der Waals surface area contributed by atoms with E-state index < -0.39 is 0 Å². The lowest BCUT2D eigenvalue weighted by Crippen LogP contribution is -2.21. The topological polar surface area (TPSA) is 12.0 Å². The molecule has 1 aromatic carbocycles. The molecule has 2 heteroatoms. The van der Waals surface area contributed by atoms with Crippen molar-refractivity contribution in [1.82, 2.24) is 5.32 Å². The van der Waals surface area contributed by atoms with Crippen LogP contribution < -0.4 is 5.32 Å². The second-order valence-electron chi connectivity index (χ2n) is 5.38. The maximum Gasteiger partial charge on any atom is 0.0292 e. The SMILES string of the molecule is C=CCSCCNC(C)c1ccc(CC(C)C)cc1. The van der Waals surface area contributed by atoms with Crippen LogP contribution in [0.3, 0.4) is 0 Å². The quantitative estimate of drug-likeness (QED) is 0.528. The number of thioether (sulfide) groups is 1. The van der Waals surface area contributed by atoms with Gasteiger partial charge in [0, 0.05) is 24.1 Å². The zero-order valence-electron chi connectivity index (χ0n) is 12.5. The molecule has 19 heavy (non-hydrogen) atoms. The third-order valence-corrected chi connectivity index (χ3v) is 4.02. The van der Waals surface area contributed by atoms with Gasteiger partial charge in [-0.25, -0.2) is 0 Å². The minimum absolute atomic E-state index is 0.428. The summed E-state index contributed by atoms with van der Waals surface area (Å²) in [5.74, 6) is 2.91. The van der Waals surface area contributed by atoms with Gasteiger partial charge in [0.05, 0.1) is 0 Å². The van der Waals surface area contributed by atoms with Gasteiger partial charge in [0.1, 0.15) is 0 Å². The van der Waals surface area contributed by atoms with Crippen LogP contribution in [0.2, 0.25) is 0 Å². The summed E-state index contributed by atoms with van der Waals surface area (Å²) in [6.45, 7) is 11.5. The summed E-state index contributed by atoms with van der Waals surface area (Å²) in [7, 11) is 0. The fourth-order valence-electron chi connectivity index (χ4n) is 2.05. The van der Waals surface area contributed by atoms with Crippen LogP contribution in [0.25, 0.3) is 0 Å². The van der Waals surface area contributed by atoms with E-state index in [1.54, 1.807) is 0 Å². The Kier molecular flexibility index (Phi) is 7.92. The Labute approximate surface area is 122 Å². The van der Waals surface area contributed by atoms with E-state index in [9.17, 15) is 0 Å². The van der Waals surface area contributed by atoms with E-state index in [0.29, 0.717) is 6.04 Å². The van der Waals surface area contributed by atoms with E-state index >= 15 is 0 Å². The van der Waals surface area contributed by atoms with Crippen LogP contribution in [-0.4, -0.2) is 18.1 Å². The van der Waals surface area contributed by atoms with Gasteiger partial charge in [-0.1, -0.05) is 44.2 Å². The Balaban J connectivity index is 2.35. The molecule has 0 aliphatic carbocycles. The number of rotatable bonds is 9. The van der Waals surface area contributed by atoms with Crippen LogP contribution in [0.5, 0.6) is 0 Å². The lowest BCUT2D eigenvalue weighted by Gasteiger charge is -2.15. The van der Waals surface area contributed by atoms with E-state index in [4.69, 9.17) is 0 Å². The molecule has 0 saturated carbocycles. The van der Waals surface area contributed by atoms with Gasteiger partial charge in [-0.05, 0) is 30.4 Å². The highest BCUT2D eigenvalue weighted by Crippen LogP contribution is 2.15. The molecule has 0 aliphatic heterocycles. The monoisotopic (exact) mass is 277 g/mol. The summed E-state index contributed by atoms with van der Waals surface area (Å²) in [5, 5.41) is 3.56. The molecule has 106 valence electrons. The smallest absolute Gasteiger partial charge is 0.0292 e. The van der Waals surface area contributed by atoms with Gasteiger partial charge in [0.2, 0.25) is 0 Å². The third kappa shape index (κ3) is 6.84. The van der Waals surface area contributed by atoms with Crippen molar-refractivity contribution in [3.8, 4) is 0 Å². The second kappa shape index (κ2) is 9.22. The Morgan fingerprint density at radius 2 is 1.89 bits per heavy atom. The molecule has 0 bridgehead atoms. The van der Waals surface area contributed by atoms with Crippen molar-refractivity contribution < 1.29 is 0 Å². The molecular weight excluding hydrogens is 250 g/mol. The number of nitrogens with one attached hydrogen (secondary N) is 1. The molecule has 1 N–H and O–H groups in total. The van der Waals surface area contributed by atoms with E-state index in [1.807, 2.05) is 17.8 Å². The van der Waals surface area contributed by atoms with Crippen LogP contribution in [0.4, 0.5) is 0 Å². The maximum absolute atomic E-state index is 3.73. The molecule has 0 heterocycles. The van der Waals surface area contributed by atoms with Crippen molar-refractivity contribution in [2.24, 2.45) is 5.92 Å². The number of hydrogen-bond acceptors (Lipinski definition) is 2. The molecule has 0 spiro atoms. The predicted molar refractivity (Wildman–Crippen MR) is 88.9 cm³/mol. The standard InChI is InChI=1S/C17H27NS/c1-5-11-19-12-10-18-15(4)17-8-6-16(7-9-17)13-14(2)3/h5-9,14-15,18H,1,10-13H2,2-4H3. The molecule has 1 aromatic rings. The van der Waals surface area contributed by atoms with Crippen molar-refractivity contribution in [3.63, 3.8) is 0 Å². The highest BCUT2D eigenvalue weighted by atomic mass is 32.2. The van der Waals surface area contributed by atoms with E-state index in [1.165, 1.54) is 17.5 Å². The highest BCUT2D eigenvalue weighted by molar-refractivity contribution is 7.99. The summed E-state index contributed by atoms with van der Waals surface area (Å²) < 4.78 is 0. The molecule has 0 amide bonds. The summed E-state index contributed by atoms with van der Waals surface area (Å²) in [5.41, 5.74) is 2.81. The van der Waals surface area contributed by atoms with Crippen LogP contribution in [0, 0.1) is 5.92 Å². The molecular formula is C17H27NS. The van der Waals surface area contributed by atoms with E-state index in [0.717, 1.165) is 24.0 Å². The first-order chi connectivity index (χ1) is 9.13. The molecule has 1 rings (SSSR count). The Morgan fingerprint density at radius 1 is 1.21 bits per heavy atom. The van der Waals surface area contributed by atoms with Crippen LogP contribution in [0.15, 0.2) is 36.9 Å². The van der Waals surface area contributed by atoms with Crippen molar-refractivity contribution in [2.75, 3.05) is 18.1 Å². The van der Waals surface area contributed by atoms with Gasteiger partial charge in [0.15, 0.2) is 0 Å². The number of hydrogen-bond donors (Lipinski definition) is 1. The second-order valence-corrected chi connectivity index (χ2v) is 6.53. The minimum Gasteiger partial charge on any atom is -0.309 e. The van der Waals surface area contributed by atoms with Crippen LogP contribution in [0.1, 0.15) is 37.9 Å².